The molecule has 0 aliphatic rings. The molecule has 0 radical (unpaired) electrons. The third-order valence-electron chi connectivity index (χ3n) is 5.53. The van der Waals surface area contributed by atoms with E-state index in [-0.39, 0.29) is 12.5 Å². The van der Waals surface area contributed by atoms with Crippen LogP contribution in [0.1, 0.15) is 84.1 Å². The number of carbonyl (C=O) groups excluding carboxylic acids is 1. The molecule has 6 heteroatoms. The van der Waals surface area contributed by atoms with Crippen LogP contribution in [-0.2, 0) is 11.3 Å². The van der Waals surface area contributed by atoms with E-state index in [2.05, 4.69) is 31.4 Å². The van der Waals surface area contributed by atoms with E-state index < -0.39 is 6.10 Å². The second-order valence-electron chi connectivity index (χ2n) is 8.17. The lowest BCUT2D eigenvalue weighted by Crippen LogP contribution is -2.37. The van der Waals surface area contributed by atoms with Gasteiger partial charge >= 0.3 is 0 Å². The molecular weight excluding hydrogens is 392 g/mol. The molecule has 178 valence electrons. The van der Waals surface area contributed by atoms with Gasteiger partial charge in [0.15, 0.2) is 11.5 Å². The fraction of sp³-hybridized carbons (Fsp3) is 0.720. The van der Waals surface area contributed by atoms with Crippen molar-refractivity contribution in [3.8, 4) is 11.5 Å². The van der Waals surface area contributed by atoms with E-state index in [1.54, 1.807) is 7.11 Å². The molecule has 0 heterocycles. The molecule has 1 atom stereocenters. The van der Waals surface area contributed by atoms with Crippen LogP contribution in [0.2, 0.25) is 0 Å². The Balaban J connectivity index is 2.38. The Labute approximate surface area is 189 Å². The number of carbonyl (C=O) groups is 1. The molecule has 1 rings (SSSR count). The maximum absolute atomic E-state index is 12.1. The van der Waals surface area contributed by atoms with Crippen molar-refractivity contribution in [3.05, 3.63) is 23.8 Å². The summed E-state index contributed by atoms with van der Waals surface area (Å²) in [6.45, 7) is 7.63. The molecular formula is C25H44N2O4. The monoisotopic (exact) mass is 436 g/mol. The van der Waals surface area contributed by atoms with Gasteiger partial charge in [-0.25, -0.2) is 0 Å². The highest BCUT2D eigenvalue weighted by atomic mass is 16.5. The summed E-state index contributed by atoms with van der Waals surface area (Å²) < 4.78 is 11.2. The second-order valence-corrected chi connectivity index (χ2v) is 8.17. The van der Waals surface area contributed by atoms with Crippen LogP contribution >= 0.6 is 0 Å². The number of aliphatic hydroxyl groups is 1. The predicted octanol–water partition coefficient (Wildman–Crippen LogP) is 4.58. The first-order valence-corrected chi connectivity index (χ1v) is 12.0. The van der Waals surface area contributed by atoms with Crippen molar-refractivity contribution in [1.82, 2.24) is 10.6 Å². The van der Waals surface area contributed by atoms with Crippen molar-refractivity contribution in [2.75, 3.05) is 20.3 Å². The number of ether oxygens (including phenoxy) is 2. The maximum Gasteiger partial charge on any atom is 0.220 e. The van der Waals surface area contributed by atoms with E-state index in [1.165, 1.54) is 25.7 Å². The Morgan fingerprint density at radius 1 is 1.03 bits per heavy atom. The van der Waals surface area contributed by atoms with Crippen LogP contribution in [0.5, 0.6) is 11.5 Å². The van der Waals surface area contributed by atoms with Crippen molar-refractivity contribution < 1.29 is 19.4 Å². The minimum atomic E-state index is -0.591. The summed E-state index contributed by atoms with van der Waals surface area (Å²) in [7, 11) is 1.59. The van der Waals surface area contributed by atoms with Gasteiger partial charge in [0.2, 0.25) is 5.91 Å². The Bertz CT molecular complexity index is 605. The zero-order valence-corrected chi connectivity index (χ0v) is 20.0. The molecule has 1 unspecified atom stereocenters. The molecule has 0 aromatic heterocycles. The molecule has 31 heavy (non-hydrogen) atoms. The number of methoxy groups -OCH3 is 1. The minimum absolute atomic E-state index is 0.0860. The van der Waals surface area contributed by atoms with Crippen LogP contribution in [0.25, 0.3) is 0 Å². The van der Waals surface area contributed by atoms with Crippen molar-refractivity contribution in [2.45, 2.75) is 97.2 Å². The number of rotatable bonds is 18. The Kier molecular flexibility index (Phi) is 14.8. The molecule has 0 spiro atoms. The highest BCUT2D eigenvalue weighted by Crippen LogP contribution is 2.28. The number of nitrogens with one attached hydrogen (secondary N) is 2. The smallest absolute Gasteiger partial charge is 0.220 e. The van der Waals surface area contributed by atoms with E-state index in [1.807, 2.05) is 18.2 Å². The highest BCUT2D eigenvalue weighted by molar-refractivity contribution is 5.75. The van der Waals surface area contributed by atoms with Gasteiger partial charge in [-0.2, -0.15) is 0 Å². The summed E-state index contributed by atoms with van der Waals surface area (Å²) in [4.78, 5) is 12.1. The van der Waals surface area contributed by atoms with Crippen molar-refractivity contribution in [2.24, 2.45) is 0 Å². The lowest BCUT2D eigenvalue weighted by Gasteiger charge is -2.19. The fourth-order valence-corrected chi connectivity index (χ4v) is 3.42. The van der Waals surface area contributed by atoms with Gasteiger partial charge in [0.25, 0.3) is 0 Å². The van der Waals surface area contributed by atoms with E-state index in [4.69, 9.17) is 9.47 Å². The standard InChI is InChI=1S/C25H44N2O4/c1-5-8-9-10-11-12-13-25(29)27-17-20-14-15-23(24(16-20)30-4)31-19-22(28)18-26-21(6-2)7-3/h14-16,21-22,26,28H,5-13,17-19H2,1-4H3,(H,27,29). The number of hydrogen-bond acceptors (Lipinski definition) is 5. The first kappa shape index (κ1) is 27.2. The number of aliphatic hydroxyl groups excluding tert-OH is 1. The van der Waals surface area contributed by atoms with Crippen LogP contribution in [0.4, 0.5) is 0 Å². The number of hydrogen-bond donors (Lipinski definition) is 3. The number of unbranched alkanes of at least 4 members (excludes halogenated alkanes) is 5. The summed E-state index contributed by atoms with van der Waals surface area (Å²) in [5.74, 6) is 1.27. The first-order valence-electron chi connectivity index (χ1n) is 12.0. The maximum atomic E-state index is 12.1. The second kappa shape index (κ2) is 16.8. The van der Waals surface area contributed by atoms with Gasteiger partial charge < -0.3 is 25.2 Å². The van der Waals surface area contributed by atoms with Crippen molar-refractivity contribution in [3.63, 3.8) is 0 Å². The van der Waals surface area contributed by atoms with Gasteiger partial charge in [0.05, 0.1) is 7.11 Å². The normalized spacial score (nSPS) is 12.1. The summed E-state index contributed by atoms with van der Waals surface area (Å²) in [6.07, 6.45) is 9.11. The van der Waals surface area contributed by atoms with Crippen LogP contribution in [0, 0.1) is 0 Å². The quantitative estimate of drug-likeness (QED) is 0.294. The molecule has 0 aliphatic heterocycles. The van der Waals surface area contributed by atoms with Gasteiger partial charge in [-0.05, 0) is 37.0 Å². The molecule has 1 aromatic rings. The number of benzene rings is 1. The SMILES string of the molecule is CCCCCCCCC(=O)NCc1ccc(OCC(O)CNC(CC)CC)c(OC)c1. The minimum Gasteiger partial charge on any atom is -0.493 e. The average molecular weight is 437 g/mol. The molecule has 1 aromatic carbocycles. The van der Waals surface area contributed by atoms with Crippen LogP contribution in [0.15, 0.2) is 18.2 Å². The summed E-state index contributed by atoms with van der Waals surface area (Å²) in [5, 5.41) is 16.5. The Morgan fingerprint density at radius 2 is 1.74 bits per heavy atom. The van der Waals surface area contributed by atoms with Gasteiger partial charge in [-0.3, -0.25) is 4.79 Å². The third-order valence-corrected chi connectivity index (χ3v) is 5.53. The van der Waals surface area contributed by atoms with Gasteiger partial charge in [0, 0.05) is 25.6 Å². The summed E-state index contributed by atoms with van der Waals surface area (Å²) in [6, 6.07) is 6.03. The lowest BCUT2D eigenvalue weighted by molar-refractivity contribution is -0.121. The van der Waals surface area contributed by atoms with Gasteiger partial charge in [-0.1, -0.05) is 58.9 Å². The zero-order chi connectivity index (χ0) is 22.9. The topological polar surface area (TPSA) is 79.8 Å². The largest absolute Gasteiger partial charge is 0.493 e. The van der Waals surface area contributed by atoms with E-state index >= 15 is 0 Å². The van der Waals surface area contributed by atoms with Crippen LogP contribution < -0.4 is 20.1 Å². The third kappa shape index (κ3) is 12.0. The van der Waals surface area contributed by atoms with E-state index in [9.17, 15) is 9.90 Å². The zero-order valence-electron chi connectivity index (χ0n) is 20.0. The fourth-order valence-electron chi connectivity index (χ4n) is 3.42. The van der Waals surface area contributed by atoms with Gasteiger partial charge in [0.1, 0.15) is 12.7 Å². The van der Waals surface area contributed by atoms with Crippen molar-refractivity contribution in [1.29, 1.82) is 0 Å². The first-order chi connectivity index (χ1) is 15.0. The average Bonchev–Trinajstić information content (AvgIpc) is 2.79. The molecule has 1 amide bonds. The molecule has 0 saturated carbocycles. The molecule has 0 fully saturated rings. The Hall–Kier alpha value is -1.79. The van der Waals surface area contributed by atoms with Gasteiger partial charge in [-0.15, -0.1) is 0 Å². The predicted molar refractivity (Wildman–Crippen MR) is 127 cm³/mol. The molecule has 0 aliphatic carbocycles. The van der Waals surface area contributed by atoms with E-state index in [0.29, 0.717) is 37.1 Å². The summed E-state index contributed by atoms with van der Waals surface area (Å²) >= 11 is 0. The lowest BCUT2D eigenvalue weighted by atomic mass is 10.1. The molecule has 6 nitrogen and oxygen atoms in total. The van der Waals surface area contributed by atoms with Crippen LogP contribution in [0.3, 0.4) is 0 Å². The van der Waals surface area contributed by atoms with Crippen molar-refractivity contribution >= 4 is 5.91 Å². The highest BCUT2D eigenvalue weighted by Gasteiger charge is 2.12. The number of amides is 1. The van der Waals surface area contributed by atoms with E-state index in [0.717, 1.165) is 31.2 Å². The molecule has 0 bridgehead atoms. The molecule has 0 saturated heterocycles. The molecule has 3 N–H and O–H groups in total. The Morgan fingerprint density at radius 3 is 2.42 bits per heavy atom. The summed E-state index contributed by atoms with van der Waals surface area (Å²) in [5.41, 5.74) is 0.955. The van der Waals surface area contributed by atoms with Crippen LogP contribution in [-0.4, -0.2) is 43.4 Å².